The summed E-state index contributed by atoms with van der Waals surface area (Å²) in [6.07, 6.45) is 0. The number of aromatic carboxylic acids is 1. The molecule has 0 spiro atoms. The van der Waals surface area contributed by atoms with Gasteiger partial charge >= 0.3 is 12.0 Å². The van der Waals surface area contributed by atoms with E-state index in [2.05, 4.69) is 5.32 Å². The largest absolute Gasteiger partial charge is 0.478 e. The lowest BCUT2D eigenvalue weighted by Crippen LogP contribution is -2.31. The Labute approximate surface area is 111 Å². The lowest BCUT2D eigenvalue weighted by Gasteiger charge is -2.16. The molecule has 0 radical (unpaired) electrons. The molecule has 0 aromatic heterocycles. The molecule has 3 amide bonds. The molecular weight excluding hydrogens is 283 g/mol. The van der Waals surface area contributed by atoms with Crippen LogP contribution in [0.4, 0.5) is 10.5 Å². The number of halogens is 2. The van der Waals surface area contributed by atoms with Gasteiger partial charge in [0.15, 0.2) is 0 Å². The predicted octanol–water partition coefficient (Wildman–Crippen LogP) is 1.75. The summed E-state index contributed by atoms with van der Waals surface area (Å²) in [5.41, 5.74) is -0.135. The second kappa shape index (κ2) is 4.47. The Kier molecular flexibility index (Phi) is 3.14. The maximum atomic E-state index is 11.5. The molecule has 2 N–H and O–H groups in total. The minimum atomic E-state index is -1.21. The molecular formula is C10H6Cl2N2O4. The third kappa shape index (κ3) is 2.00. The molecule has 1 fully saturated rings. The van der Waals surface area contributed by atoms with E-state index in [0.29, 0.717) is 0 Å². The van der Waals surface area contributed by atoms with Crippen molar-refractivity contribution in [1.82, 2.24) is 5.32 Å². The van der Waals surface area contributed by atoms with Crippen LogP contribution in [0.25, 0.3) is 0 Å². The van der Waals surface area contributed by atoms with E-state index in [9.17, 15) is 14.4 Å². The average molecular weight is 289 g/mol. The fourth-order valence-corrected chi connectivity index (χ4v) is 2.21. The molecule has 0 bridgehead atoms. The summed E-state index contributed by atoms with van der Waals surface area (Å²) in [4.78, 5) is 34.6. The van der Waals surface area contributed by atoms with Gasteiger partial charge in [-0.05, 0) is 12.1 Å². The number of rotatable bonds is 2. The SMILES string of the molecule is O=C(O)c1cc(Cl)c(N2C(=O)CNC2=O)c(Cl)c1. The van der Waals surface area contributed by atoms with Gasteiger partial charge in [-0.3, -0.25) is 4.79 Å². The average Bonchev–Trinajstić information content (AvgIpc) is 2.59. The molecule has 1 aliphatic heterocycles. The number of nitrogens with zero attached hydrogens (tertiary/aromatic N) is 1. The van der Waals surface area contributed by atoms with E-state index >= 15 is 0 Å². The van der Waals surface area contributed by atoms with Gasteiger partial charge in [-0.15, -0.1) is 0 Å². The molecule has 1 aliphatic rings. The Balaban J connectivity index is 2.55. The van der Waals surface area contributed by atoms with Crippen LogP contribution in [-0.4, -0.2) is 29.6 Å². The Morgan fingerprint density at radius 2 is 1.83 bits per heavy atom. The highest BCUT2D eigenvalue weighted by Crippen LogP contribution is 2.36. The highest BCUT2D eigenvalue weighted by Gasteiger charge is 2.33. The minimum absolute atomic E-state index is 0.0108. The van der Waals surface area contributed by atoms with Crippen LogP contribution in [-0.2, 0) is 4.79 Å². The molecule has 1 heterocycles. The number of anilines is 1. The highest BCUT2D eigenvalue weighted by molar-refractivity contribution is 6.42. The van der Waals surface area contributed by atoms with Gasteiger partial charge in [-0.25, -0.2) is 14.5 Å². The van der Waals surface area contributed by atoms with Crippen molar-refractivity contribution in [2.45, 2.75) is 0 Å². The van der Waals surface area contributed by atoms with E-state index in [-0.39, 0.29) is 27.8 Å². The molecule has 0 saturated carbocycles. The summed E-state index contributed by atoms with van der Waals surface area (Å²) in [7, 11) is 0. The van der Waals surface area contributed by atoms with Crippen molar-refractivity contribution < 1.29 is 19.5 Å². The summed E-state index contributed by atoms with van der Waals surface area (Å²) < 4.78 is 0. The van der Waals surface area contributed by atoms with E-state index < -0.39 is 17.9 Å². The third-order valence-electron chi connectivity index (χ3n) is 2.33. The van der Waals surface area contributed by atoms with Crippen molar-refractivity contribution in [3.63, 3.8) is 0 Å². The fraction of sp³-hybridized carbons (Fsp3) is 0.100. The van der Waals surface area contributed by atoms with Gasteiger partial charge in [0, 0.05) is 0 Å². The van der Waals surface area contributed by atoms with Crippen molar-refractivity contribution in [3.8, 4) is 0 Å². The van der Waals surface area contributed by atoms with E-state index in [4.69, 9.17) is 28.3 Å². The Morgan fingerprint density at radius 1 is 1.28 bits per heavy atom. The lowest BCUT2D eigenvalue weighted by molar-refractivity contribution is -0.115. The maximum Gasteiger partial charge on any atom is 0.335 e. The fourth-order valence-electron chi connectivity index (χ4n) is 1.55. The van der Waals surface area contributed by atoms with Gasteiger partial charge < -0.3 is 10.4 Å². The van der Waals surface area contributed by atoms with Crippen LogP contribution in [0.15, 0.2) is 12.1 Å². The van der Waals surface area contributed by atoms with E-state index in [1.54, 1.807) is 0 Å². The van der Waals surface area contributed by atoms with Crippen LogP contribution in [0, 0.1) is 0 Å². The van der Waals surface area contributed by atoms with Crippen LogP contribution < -0.4 is 10.2 Å². The third-order valence-corrected chi connectivity index (χ3v) is 2.91. The number of imide groups is 1. The predicted molar refractivity (Wildman–Crippen MR) is 64.3 cm³/mol. The Bertz CT molecular complexity index is 534. The molecule has 0 aliphatic carbocycles. The summed E-state index contributed by atoms with van der Waals surface area (Å²) in [5, 5.41) is 11.0. The normalized spacial score (nSPS) is 14.9. The number of hydrogen-bond acceptors (Lipinski definition) is 3. The number of nitrogens with one attached hydrogen (secondary N) is 1. The second-order valence-electron chi connectivity index (χ2n) is 3.48. The van der Waals surface area contributed by atoms with Crippen LogP contribution in [0.5, 0.6) is 0 Å². The molecule has 2 rings (SSSR count). The second-order valence-corrected chi connectivity index (χ2v) is 4.30. The first-order valence-electron chi connectivity index (χ1n) is 4.75. The number of hydrogen-bond donors (Lipinski definition) is 2. The number of carbonyl (C=O) groups is 3. The standard InChI is InChI=1S/C10H6Cl2N2O4/c11-5-1-4(9(16)17)2-6(12)8(5)14-7(15)3-13-10(14)18/h1-2H,3H2,(H,13,18)(H,16,17). The first-order chi connectivity index (χ1) is 8.41. The molecule has 1 aromatic carbocycles. The first-order valence-corrected chi connectivity index (χ1v) is 5.50. The van der Waals surface area contributed by atoms with Crippen LogP contribution in [0.1, 0.15) is 10.4 Å². The zero-order valence-electron chi connectivity index (χ0n) is 8.74. The molecule has 0 atom stereocenters. The number of urea groups is 1. The van der Waals surface area contributed by atoms with Gasteiger partial charge in [0.1, 0.15) is 0 Å². The molecule has 18 heavy (non-hydrogen) atoms. The summed E-state index contributed by atoms with van der Waals surface area (Å²) in [5.74, 6) is -1.71. The van der Waals surface area contributed by atoms with Crippen molar-refractivity contribution >= 4 is 46.8 Å². The molecule has 0 unspecified atom stereocenters. The van der Waals surface area contributed by atoms with E-state index in [1.807, 2.05) is 0 Å². The van der Waals surface area contributed by atoms with Crippen LogP contribution >= 0.6 is 23.2 Å². The van der Waals surface area contributed by atoms with Crippen molar-refractivity contribution in [1.29, 1.82) is 0 Å². The van der Waals surface area contributed by atoms with E-state index in [1.165, 1.54) is 0 Å². The number of carboxylic acid groups (broad SMARTS) is 1. The Hall–Kier alpha value is -1.79. The Morgan fingerprint density at radius 3 is 2.22 bits per heavy atom. The number of carboxylic acids is 1. The summed E-state index contributed by atoms with van der Waals surface area (Å²) >= 11 is 11.7. The van der Waals surface area contributed by atoms with Gasteiger partial charge in [-0.1, -0.05) is 23.2 Å². The van der Waals surface area contributed by atoms with Crippen molar-refractivity contribution in [3.05, 3.63) is 27.7 Å². The topological polar surface area (TPSA) is 86.7 Å². The van der Waals surface area contributed by atoms with Crippen LogP contribution in [0.2, 0.25) is 10.0 Å². The summed E-state index contributed by atoms with van der Waals surface area (Å²) in [6.45, 7) is -0.147. The van der Waals surface area contributed by atoms with E-state index in [0.717, 1.165) is 17.0 Å². The quantitative estimate of drug-likeness (QED) is 0.812. The minimum Gasteiger partial charge on any atom is -0.478 e. The van der Waals surface area contributed by atoms with Gasteiger partial charge in [0.25, 0.3) is 5.91 Å². The van der Waals surface area contributed by atoms with Gasteiger partial charge in [0.2, 0.25) is 0 Å². The molecule has 6 nitrogen and oxygen atoms in total. The smallest absolute Gasteiger partial charge is 0.335 e. The molecule has 1 saturated heterocycles. The number of amides is 3. The van der Waals surface area contributed by atoms with Gasteiger partial charge in [-0.2, -0.15) is 0 Å². The molecule has 94 valence electrons. The first kappa shape index (κ1) is 12.7. The highest BCUT2D eigenvalue weighted by atomic mass is 35.5. The lowest BCUT2D eigenvalue weighted by atomic mass is 10.2. The van der Waals surface area contributed by atoms with Crippen LogP contribution in [0.3, 0.4) is 0 Å². The molecule has 1 aromatic rings. The number of benzene rings is 1. The monoisotopic (exact) mass is 288 g/mol. The number of carbonyl (C=O) groups excluding carboxylic acids is 2. The maximum absolute atomic E-state index is 11.5. The zero-order chi connectivity index (χ0) is 13.4. The van der Waals surface area contributed by atoms with Crippen molar-refractivity contribution in [2.24, 2.45) is 0 Å². The van der Waals surface area contributed by atoms with Crippen molar-refractivity contribution in [2.75, 3.05) is 11.4 Å². The molecule has 8 heteroatoms. The zero-order valence-corrected chi connectivity index (χ0v) is 10.2. The van der Waals surface area contributed by atoms with Gasteiger partial charge in [0.05, 0.1) is 27.8 Å². The summed E-state index contributed by atoms with van der Waals surface area (Å²) in [6, 6.07) is 1.61.